The van der Waals surface area contributed by atoms with E-state index in [0.717, 1.165) is 12.8 Å². The average Bonchev–Trinajstić information content (AvgIpc) is 2.76. The Morgan fingerprint density at radius 2 is 1.62 bits per heavy atom. The van der Waals surface area contributed by atoms with E-state index in [1.807, 2.05) is 0 Å². The van der Waals surface area contributed by atoms with Crippen LogP contribution in [0, 0.1) is 0 Å². The summed E-state index contributed by atoms with van der Waals surface area (Å²) in [7, 11) is 0. The van der Waals surface area contributed by atoms with Crippen LogP contribution in [0.3, 0.4) is 0 Å². The van der Waals surface area contributed by atoms with Crippen molar-refractivity contribution in [1.82, 2.24) is 5.32 Å². The highest BCUT2D eigenvalue weighted by Crippen LogP contribution is 2.42. The van der Waals surface area contributed by atoms with Crippen LogP contribution in [0.15, 0.2) is 0 Å². The van der Waals surface area contributed by atoms with Crippen LogP contribution in [0.4, 0.5) is 0 Å². The Morgan fingerprint density at radius 3 is 2.25 bits per heavy atom. The van der Waals surface area contributed by atoms with Crippen molar-refractivity contribution < 1.29 is 19.0 Å². The predicted octanol–water partition coefficient (Wildman–Crippen LogP) is 0.189. The summed E-state index contributed by atoms with van der Waals surface area (Å²) >= 11 is 0. The van der Waals surface area contributed by atoms with Gasteiger partial charge >= 0.3 is 0 Å². The molecule has 5 nitrogen and oxygen atoms in total. The molecule has 1 amide bonds. The molecule has 0 unspecified atom stereocenters. The molecule has 3 rings (SSSR count). The second kappa shape index (κ2) is 3.68. The third-order valence-corrected chi connectivity index (χ3v) is 3.81. The lowest BCUT2D eigenvalue weighted by Crippen LogP contribution is -2.58. The first-order valence-corrected chi connectivity index (χ1v) is 5.95. The van der Waals surface area contributed by atoms with Gasteiger partial charge in [-0.1, -0.05) is 0 Å². The third kappa shape index (κ3) is 1.54. The summed E-state index contributed by atoms with van der Waals surface area (Å²) in [5.41, 5.74) is -0.612. The molecule has 2 aliphatic heterocycles. The van der Waals surface area contributed by atoms with E-state index >= 15 is 0 Å². The summed E-state index contributed by atoms with van der Waals surface area (Å²) in [6, 6.07) is 0. The van der Waals surface area contributed by atoms with Gasteiger partial charge in [-0.2, -0.15) is 0 Å². The molecule has 1 aliphatic carbocycles. The monoisotopic (exact) mass is 227 g/mol. The molecule has 0 radical (unpaired) electrons. The van der Waals surface area contributed by atoms with E-state index in [-0.39, 0.29) is 5.91 Å². The fourth-order valence-electron chi connectivity index (χ4n) is 2.83. The average molecular weight is 227 g/mol. The summed E-state index contributed by atoms with van der Waals surface area (Å²) in [5, 5.41) is 2.88. The molecule has 1 saturated carbocycles. The Morgan fingerprint density at radius 1 is 0.938 bits per heavy atom. The predicted molar refractivity (Wildman–Crippen MR) is 54.8 cm³/mol. The van der Waals surface area contributed by atoms with Crippen molar-refractivity contribution in [2.75, 3.05) is 26.4 Å². The van der Waals surface area contributed by atoms with E-state index in [0.29, 0.717) is 39.2 Å². The van der Waals surface area contributed by atoms with Gasteiger partial charge in [0.05, 0.1) is 19.8 Å². The van der Waals surface area contributed by atoms with Crippen LogP contribution in [0.25, 0.3) is 0 Å². The highest BCUT2D eigenvalue weighted by molar-refractivity contribution is 5.85. The second-order valence-electron chi connectivity index (χ2n) is 4.71. The van der Waals surface area contributed by atoms with Crippen LogP contribution < -0.4 is 5.32 Å². The van der Waals surface area contributed by atoms with Crippen molar-refractivity contribution in [3.8, 4) is 0 Å². The van der Waals surface area contributed by atoms with Crippen LogP contribution in [0.1, 0.15) is 25.7 Å². The van der Waals surface area contributed by atoms with Gasteiger partial charge in [-0.25, -0.2) is 0 Å². The lowest BCUT2D eigenvalue weighted by atomic mass is 9.80. The molecular formula is C11H17NO4. The molecule has 2 spiro atoms. The van der Waals surface area contributed by atoms with Gasteiger partial charge in [0.2, 0.25) is 0 Å². The first kappa shape index (κ1) is 10.5. The van der Waals surface area contributed by atoms with E-state index in [2.05, 4.69) is 5.32 Å². The number of hydrogen-bond donors (Lipinski definition) is 1. The smallest absolute Gasteiger partial charge is 0.252 e. The van der Waals surface area contributed by atoms with Crippen molar-refractivity contribution in [1.29, 1.82) is 0 Å². The summed E-state index contributed by atoms with van der Waals surface area (Å²) in [5.74, 6) is -0.390. The number of ether oxygens (including phenoxy) is 3. The number of carbonyl (C=O) groups is 1. The molecule has 2 heterocycles. The zero-order valence-electron chi connectivity index (χ0n) is 9.29. The molecule has 2 saturated heterocycles. The summed E-state index contributed by atoms with van der Waals surface area (Å²) in [4.78, 5) is 11.9. The summed E-state index contributed by atoms with van der Waals surface area (Å²) < 4.78 is 17.0. The van der Waals surface area contributed by atoms with Crippen LogP contribution >= 0.6 is 0 Å². The van der Waals surface area contributed by atoms with E-state index in [4.69, 9.17) is 14.2 Å². The fraction of sp³-hybridized carbons (Fsp3) is 0.909. The molecule has 3 fully saturated rings. The van der Waals surface area contributed by atoms with Crippen molar-refractivity contribution >= 4 is 5.91 Å². The van der Waals surface area contributed by atoms with Crippen molar-refractivity contribution in [3.05, 3.63) is 0 Å². The first-order valence-electron chi connectivity index (χ1n) is 5.95. The quantitative estimate of drug-likeness (QED) is 0.642. The first-order chi connectivity index (χ1) is 7.75. The number of carbonyl (C=O) groups excluding carboxylic acids is 1. The maximum absolute atomic E-state index is 11.9. The maximum Gasteiger partial charge on any atom is 0.252 e. The Balaban J connectivity index is 1.70. The normalized spacial score (nSPS) is 31.9. The topological polar surface area (TPSA) is 56.8 Å². The van der Waals surface area contributed by atoms with Gasteiger partial charge in [-0.05, 0) is 12.8 Å². The lowest BCUT2D eigenvalue weighted by molar-refractivity contribution is -0.214. The van der Waals surface area contributed by atoms with Crippen molar-refractivity contribution in [2.24, 2.45) is 0 Å². The molecule has 0 atom stereocenters. The standard InChI is InChI=1S/C11H17NO4/c13-9-10(14-6-5-12-9)1-3-11(4-2-10)15-7-8-16-11/h1-8H2,(H,12,13). The number of rotatable bonds is 0. The van der Waals surface area contributed by atoms with Gasteiger partial charge in [0.15, 0.2) is 5.79 Å². The SMILES string of the molecule is O=C1NCCOC12CCC1(CC2)OCCO1. The number of nitrogens with one attached hydrogen (secondary N) is 1. The molecule has 0 aromatic carbocycles. The fourth-order valence-corrected chi connectivity index (χ4v) is 2.83. The van der Waals surface area contributed by atoms with Gasteiger partial charge in [-0.15, -0.1) is 0 Å². The van der Waals surface area contributed by atoms with Gasteiger partial charge in [0, 0.05) is 19.4 Å². The zero-order valence-corrected chi connectivity index (χ0v) is 9.29. The summed E-state index contributed by atoms with van der Waals surface area (Å²) in [6.45, 7) is 2.57. The number of amides is 1. The minimum Gasteiger partial charge on any atom is -0.363 e. The highest BCUT2D eigenvalue weighted by atomic mass is 16.7. The number of hydrogen-bond acceptors (Lipinski definition) is 4. The Hall–Kier alpha value is -0.650. The minimum atomic E-state index is -0.612. The van der Waals surface area contributed by atoms with Crippen LogP contribution in [0.5, 0.6) is 0 Å². The van der Waals surface area contributed by atoms with Crippen molar-refractivity contribution in [3.63, 3.8) is 0 Å². The van der Waals surface area contributed by atoms with E-state index in [1.165, 1.54) is 0 Å². The Labute approximate surface area is 94.4 Å². The molecule has 90 valence electrons. The molecule has 3 aliphatic rings. The van der Waals surface area contributed by atoms with Crippen LogP contribution in [-0.2, 0) is 19.0 Å². The zero-order chi connectivity index (χ0) is 11.1. The van der Waals surface area contributed by atoms with Gasteiger partial charge in [0.1, 0.15) is 5.60 Å². The second-order valence-corrected chi connectivity index (χ2v) is 4.71. The molecule has 1 N–H and O–H groups in total. The Bertz CT molecular complexity index is 288. The minimum absolute atomic E-state index is 0.0339. The van der Waals surface area contributed by atoms with E-state index in [9.17, 15) is 4.79 Å². The maximum atomic E-state index is 11.9. The molecular weight excluding hydrogens is 210 g/mol. The Kier molecular flexibility index (Phi) is 2.42. The molecule has 0 bridgehead atoms. The van der Waals surface area contributed by atoms with E-state index < -0.39 is 11.4 Å². The van der Waals surface area contributed by atoms with Gasteiger partial charge in [-0.3, -0.25) is 4.79 Å². The highest BCUT2D eigenvalue weighted by Gasteiger charge is 2.51. The van der Waals surface area contributed by atoms with E-state index in [1.54, 1.807) is 0 Å². The number of morpholine rings is 1. The molecule has 0 aromatic rings. The van der Waals surface area contributed by atoms with Gasteiger partial charge in [0.25, 0.3) is 5.91 Å². The van der Waals surface area contributed by atoms with Gasteiger partial charge < -0.3 is 19.5 Å². The lowest BCUT2D eigenvalue weighted by Gasteiger charge is -2.44. The van der Waals surface area contributed by atoms with Crippen LogP contribution in [0.2, 0.25) is 0 Å². The largest absolute Gasteiger partial charge is 0.363 e. The molecule has 5 heteroatoms. The summed E-state index contributed by atoms with van der Waals surface area (Å²) in [6.07, 6.45) is 2.89. The van der Waals surface area contributed by atoms with Crippen molar-refractivity contribution in [2.45, 2.75) is 37.1 Å². The molecule has 0 aromatic heterocycles. The van der Waals surface area contributed by atoms with Crippen LogP contribution in [-0.4, -0.2) is 43.7 Å². The molecule has 16 heavy (non-hydrogen) atoms. The third-order valence-electron chi connectivity index (χ3n) is 3.81.